The minimum Gasteiger partial charge on any atom is -0.393 e. The Morgan fingerprint density at radius 2 is 1.56 bits per heavy atom. The first kappa shape index (κ1) is 31.2. The summed E-state index contributed by atoms with van der Waals surface area (Å²) in [5, 5.41) is 9.81. The highest BCUT2D eigenvalue weighted by molar-refractivity contribution is 5.87. The van der Waals surface area contributed by atoms with Gasteiger partial charge in [-0.15, -0.1) is 0 Å². The Morgan fingerprint density at radius 1 is 0.977 bits per heavy atom. The zero-order valence-electron chi connectivity index (χ0n) is 23.2. The van der Waals surface area contributed by atoms with Crippen LogP contribution in [-0.2, 0) is 26.7 Å². The fourth-order valence-corrected chi connectivity index (χ4v) is 6.48. The van der Waals surface area contributed by atoms with Crippen molar-refractivity contribution in [1.82, 2.24) is 9.80 Å². The first-order valence-electron chi connectivity index (χ1n) is 14.1. The van der Waals surface area contributed by atoms with E-state index in [0.29, 0.717) is 43.6 Å². The molecule has 6 nitrogen and oxygen atoms in total. The second-order valence-corrected chi connectivity index (χ2v) is 11.5. The second-order valence-electron chi connectivity index (χ2n) is 11.5. The predicted molar refractivity (Wildman–Crippen MR) is 139 cm³/mol. The fraction of sp³-hybridized carbons (Fsp3) is 0.533. The number of aliphatic hydroxyl groups is 1. The van der Waals surface area contributed by atoms with Gasteiger partial charge in [-0.1, -0.05) is 12.1 Å². The molecule has 0 spiro atoms. The Bertz CT molecular complexity index is 1310. The Labute approximate surface area is 243 Å². The maximum absolute atomic E-state index is 13.8. The first-order valence-corrected chi connectivity index (χ1v) is 14.1. The number of hydrogen-bond donors (Lipinski definition) is 1. The van der Waals surface area contributed by atoms with Crippen LogP contribution in [0.3, 0.4) is 0 Å². The van der Waals surface area contributed by atoms with E-state index in [1.54, 1.807) is 9.80 Å². The molecule has 0 saturated carbocycles. The minimum atomic E-state index is -5.03. The van der Waals surface area contributed by atoms with Gasteiger partial charge < -0.3 is 19.6 Å². The van der Waals surface area contributed by atoms with Gasteiger partial charge in [0.25, 0.3) is 0 Å². The minimum absolute atomic E-state index is 0.00219. The molecule has 1 N–H and O–H groups in total. The van der Waals surface area contributed by atoms with Crippen molar-refractivity contribution in [3.05, 3.63) is 70.5 Å². The lowest BCUT2D eigenvalue weighted by Gasteiger charge is -2.39. The monoisotopic (exact) mass is 616 g/mol. The third kappa shape index (κ3) is 6.67. The zero-order valence-corrected chi connectivity index (χ0v) is 23.2. The summed E-state index contributed by atoms with van der Waals surface area (Å²) in [6.07, 6.45) is -11.6. The number of ether oxygens (including phenoxy) is 1. The number of halogens is 7. The van der Waals surface area contributed by atoms with Gasteiger partial charge in [0.1, 0.15) is 5.82 Å². The van der Waals surface area contributed by atoms with Crippen molar-refractivity contribution in [2.24, 2.45) is 5.92 Å². The third-order valence-electron chi connectivity index (χ3n) is 8.70. The molecule has 234 valence electrons. The van der Waals surface area contributed by atoms with E-state index in [9.17, 15) is 45.4 Å². The lowest BCUT2D eigenvalue weighted by molar-refractivity contribution is -0.148. The molecule has 5 atom stereocenters. The predicted octanol–water partition coefficient (Wildman–Crippen LogP) is 5.70. The van der Waals surface area contributed by atoms with Gasteiger partial charge in [0.2, 0.25) is 11.8 Å². The Kier molecular flexibility index (Phi) is 8.51. The van der Waals surface area contributed by atoms with Crippen LogP contribution in [0.4, 0.5) is 30.7 Å². The second kappa shape index (κ2) is 11.7. The highest BCUT2D eigenvalue weighted by Gasteiger charge is 2.51. The lowest BCUT2D eigenvalue weighted by Crippen LogP contribution is -2.50. The van der Waals surface area contributed by atoms with Crippen molar-refractivity contribution in [1.29, 1.82) is 0 Å². The van der Waals surface area contributed by atoms with Gasteiger partial charge in [-0.3, -0.25) is 9.59 Å². The molecule has 3 heterocycles. The summed E-state index contributed by atoms with van der Waals surface area (Å²) in [5.74, 6) is -2.33. The van der Waals surface area contributed by atoms with Crippen molar-refractivity contribution < 1.29 is 50.2 Å². The maximum Gasteiger partial charge on any atom is 0.416 e. The number of piperidine rings is 2. The van der Waals surface area contributed by atoms with E-state index in [1.807, 2.05) is 0 Å². The van der Waals surface area contributed by atoms with Gasteiger partial charge in [0, 0.05) is 43.9 Å². The van der Waals surface area contributed by atoms with E-state index < -0.39 is 65.5 Å². The van der Waals surface area contributed by atoms with Crippen molar-refractivity contribution in [2.45, 2.75) is 75.2 Å². The van der Waals surface area contributed by atoms with Crippen LogP contribution in [0.15, 0.2) is 42.5 Å². The van der Waals surface area contributed by atoms with Gasteiger partial charge in [-0.25, -0.2) is 4.39 Å². The van der Waals surface area contributed by atoms with Crippen molar-refractivity contribution in [2.75, 3.05) is 19.6 Å². The molecular weight excluding hydrogens is 585 g/mol. The average molecular weight is 617 g/mol. The van der Waals surface area contributed by atoms with Crippen LogP contribution < -0.4 is 0 Å². The van der Waals surface area contributed by atoms with Crippen molar-refractivity contribution in [3.8, 4) is 0 Å². The van der Waals surface area contributed by atoms with E-state index >= 15 is 0 Å². The Hall–Kier alpha value is -3.19. The summed E-state index contributed by atoms with van der Waals surface area (Å²) in [6, 6.07) is 6.14. The highest BCUT2D eigenvalue weighted by atomic mass is 19.4. The summed E-state index contributed by atoms with van der Waals surface area (Å²) in [7, 11) is 0. The standard InChI is InChI=1S/C30H31F7N2O4/c1-16(18-10-20(29(32,33)34)14-21(11-18)30(35,36)37)43-25-15-39-24(27(25)17-2-4-22(31)5-3-17)12-19(13-26(39)41)28(42)38-8-6-23(40)7-9-38/h2-5,10-11,14,16,19,23-25,27,40H,6-9,12-13,15H2,1H3/t16-,19?,24+,25+,27+/m1/s1. The number of benzene rings is 2. The molecule has 43 heavy (non-hydrogen) atoms. The van der Waals surface area contributed by atoms with Gasteiger partial charge >= 0.3 is 12.4 Å². The van der Waals surface area contributed by atoms with E-state index in [4.69, 9.17) is 4.74 Å². The molecule has 0 radical (unpaired) electrons. The number of rotatable bonds is 5. The molecule has 3 saturated heterocycles. The molecular formula is C30H31F7N2O4. The molecule has 0 aromatic heterocycles. The summed E-state index contributed by atoms with van der Waals surface area (Å²) < 4.78 is 101. The number of hydrogen-bond acceptors (Lipinski definition) is 4. The van der Waals surface area contributed by atoms with Gasteiger partial charge in [0.15, 0.2) is 0 Å². The van der Waals surface area contributed by atoms with E-state index in [-0.39, 0.29) is 42.8 Å². The van der Waals surface area contributed by atoms with Gasteiger partial charge in [0.05, 0.1) is 29.4 Å². The number of alkyl halides is 6. The SMILES string of the molecule is C[C@@H](O[C@H]1CN2C(=O)CC(C(=O)N3CCC(O)CC3)C[C@H]2[C@@H]1c1ccc(F)cc1)c1cc(C(F)(F)F)cc(C(F)(F)F)c1. The van der Waals surface area contributed by atoms with Crippen molar-refractivity contribution in [3.63, 3.8) is 0 Å². The molecule has 2 aromatic carbocycles. The number of likely N-dealkylation sites (tertiary alicyclic amines) is 1. The quantitative estimate of drug-likeness (QED) is 0.438. The van der Waals surface area contributed by atoms with Crippen LogP contribution in [0.1, 0.15) is 66.9 Å². The lowest BCUT2D eigenvalue weighted by atomic mass is 9.81. The van der Waals surface area contributed by atoms with E-state index in [1.165, 1.54) is 31.2 Å². The molecule has 3 fully saturated rings. The largest absolute Gasteiger partial charge is 0.416 e. The molecule has 13 heteroatoms. The Morgan fingerprint density at radius 3 is 2.12 bits per heavy atom. The molecule has 3 aliphatic rings. The third-order valence-corrected chi connectivity index (χ3v) is 8.70. The number of fused-ring (bicyclic) bond motifs is 1. The van der Waals surface area contributed by atoms with E-state index in [0.717, 1.165) is 0 Å². The highest BCUT2D eigenvalue weighted by Crippen LogP contribution is 2.45. The van der Waals surface area contributed by atoms with Gasteiger partial charge in [-0.05, 0) is 67.6 Å². The maximum atomic E-state index is 13.8. The van der Waals surface area contributed by atoms with Crippen LogP contribution in [0.5, 0.6) is 0 Å². The van der Waals surface area contributed by atoms with Gasteiger partial charge in [-0.2, -0.15) is 26.3 Å². The summed E-state index contributed by atoms with van der Waals surface area (Å²) in [4.78, 5) is 29.9. The number of aliphatic hydroxyl groups excluding tert-OH is 1. The number of amides is 2. The molecule has 5 rings (SSSR count). The molecule has 2 aromatic rings. The number of nitrogens with zero attached hydrogens (tertiary/aromatic N) is 2. The van der Waals surface area contributed by atoms with Crippen LogP contribution in [0.2, 0.25) is 0 Å². The van der Waals surface area contributed by atoms with E-state index in [2.05, 4.69) is 0 Å². The molecule has 3 aliphatic heterocycles. The number of carbonyl (C=O) groups excluding carboxylic acids is 2. The first-order chi connectivity index (χ1) is 20.1. The summed E-state index contributed by atoms with van der Waals surface area (Å²) in [6.45, 7) is 2.06. The summed E-state index contributed by atoms with van der Waals surface area (Å²) in [5.41, 5.74) is -2.70. The van der Waals surface area contributed by atoms with Crippen LogP contribution >= 0.6 is 0 Å². The smallest absolute Gasteiger partial charge is 0.393 e. The molecule has 1 unspecified atom stereocenters. The summed E-state index contributed by atoms with van der Waals surface area (Å²) >= 11 is 0. The normalized spacial score (nSPS) is 26.0. The van der Waals surface area contributed by atoms with Crippen LogP contribution in [0.25, 0.3) is 0 Å². The number of carbonyl (C=O) groups is 2. The molecule has 0 bridgehead atoms. The molecule has 2 amide bonds. The topological polar surface area (TPSA) is 70.1 Å². The zero-order chi connectivity index (χ0) is 31.3. The fourth-order valence-electron chi connectivity index (χ4n) is 6.48. The van der Waals surface area contributed by atoms with Crippen molar-refractivity contribution >= 4 is 11.8 Å². The molecule has 0 aliphatic carbocycles. The Balaban J connectivity index is 1.44. The van der Waals surface area contributed by atoms with Crippen LogP contribution in [-0.4, -0.2) is 64.6 Å². The van der Waals surface area contributed by atoms with Crippen LogP contribution in [0, 0.1) is 11.7 Å². The average Bonchev–Trinajstić information content (AvgIpc) is 3.30.